The SMILES string of the molecule is CC1OC(OC2C(CO)OC(Oc3ccc(C=CC(=O)O)cc3O)C(O)C2O)C(O)C(O)C1O. The van der Waals surface area contributed by atoms with Crippen LogP contribution >= 0.6 is 0 Å². The molecule has 0 amide bonds. The monoisotopic (exact) mass is 488 g/mol. The molecule has 10 atom stereocenters. The summed E-state index contributed by atoms with van der Waals surface area (Å²) in [4.78, 5) is 10.6. The molecule has 13 nitrogen and oxygen atoms in total. The van der Waals surface area contributed by atoms with Gasteiger partial charge in [-0.1, -0.05) is 6.07 Å². The quantitative estimate of drug-likeness (QED) is 0.187. The molecule has 0 bridgehead atoms. The number of hydrogen-bond acceptors (Lipinski definition) is 12. The summed E-state index contributed by atoms with van der Waals surface area (Å²) in [6.07, 6.45) is -12.7. The van der Waals surface area contributed by atoms with E-state index in [1.54, 1.807) is 0 Å². The first-order valence-electron chi connectivity index (χ1n) is 10.4. The molecule has 34 heavy (non-hydrogen) atoms. The van der Waals surface area contributed by atoms with Crippen molar-refractivity contribution in [1.29, 1.82) is 0 Å². The lowest BCUT2D eigenvalue weighted by atomic mass is 9.97. The number of aliphatic carboxylic acids is 1. The Hall–Kier alpha value is -2.33. The van der Waals surface area contributed by atoms with E-state index in [1.807, 2.05) is 0 Å². The predicted molar refractivity (Wildman–Crippen MR) is 110 cm³/mol. The molecule has 2 heterocycles. The van der Waals surface area contributed by atoms with Crippen LogP contribution in [0.1, 0.15) is 12.5 Å². The van der Waals surface area contributed by atoms with Gasteiger partial charge in [-0.2, -0.15) is 0 Å². The van der Waals surface area contributed by atoms with Crippen LogP contribution in [0.15, 0.2) is 24.3 Å². The van der Waals surface area contributed by atoms with Crippen molar-refractivity contribution in [3.05, 3.63) is 29.8 Å². The van der Waals surface area contributed by atoms with Crippen molar-refractivity contribution < 1.29 is 64.6 Å². The minimum Gasteiger partial charge on any atom is -0.504 e. The highest BCUT2D eigenvalue weighted by Crippen LogP contribution is 2.33. The van der Waals surface area contributed by atoms with Gasteiger partial charge in [0.2, 0.25) is 6.29 Å². The number of aromatic hydroxyl groups is 1. The summed E-state index contributed by atoms with van der Waals surface area (Å²) in [7, 11) is 0. The van der Waals surface area contributed by atoms with Crippen molar-refractivity contribution in [2.24, 2.45) is 0 Å². The highest BCUT2D eigenvalue weighted by atomic mass is 16.7. The summed E-state index contributed by atoms with van der Waals surface area (Å²) in [6, 6.07) is 3.92. The fourth-order valence-electron chi connectivity index (χ4n) is 3.63. The summed E-state index contributed by atoms with van der Waals surface area (Å²) in [5.41, 5.74) is 0.353. The van der Waals surface area contributed by atoms with E-state index in [-0.39, 0.29) is 5.75 Å². The number of phenolic OH excluding ortho intramolecular Hbond substituents is 1. The van der Waals surface area contributed by atoms with Gasteiger partial charge in [0.15, 0.2) is 17.8 Å². The molecule has 2 aliphatic heterocycles. The van der Waals surface area contributed by atoms with E-state index in [9.17, 15) is 40.5 Å². The average molecular weight is 488 g/mol. The fourth-order valence-corrected chi connectivity index (χ4v) is 3.63. The van der Waals surface area contributed by atoms with Crippen molar-refractivity contribution in [3.63, 3.8) is 0 Å². The van der Waals surface area contributed by atoms with Gasteiger partial charge in [-0.3, -0.25) is 0 Å². The second-order valence-corrected chi connectivity index (χ2v) is 8.01. The van der Waals surface area contributed by atoms with Gasteiger partial charge in [0.05, 0.1) is 12.7 Å². The van der Waals surface area contributed by atoms with Crippen molar-refractivity contribution >= 4 is 12.0 Å². The Bertz CT molecular complexity index is 874. The van der Waals surface area contributed by atoms with E-state index in [0.717, 1.165) is 6.08 Å². The summed E-state index contributed by atoms with van der Waals surface area (Å²) in [6.45, 7) is 0.726. The van der Waals surface area contributed by atoms with Gasteiger partial charge in [0.25, 0.3) is 0 Å². The summed E-state index contributed by atoms with van der Waals surface area (Å²) >= 11 is 0. The molecular formula is C21H28O13. The molecule has 0 aliphatic carbocycles. The fraction of sp³-hybridized carbons (Fsp3) is 0.571. The Kier molecular flexibility index (Phi) is 8.46. The lowest BCUT2D eigenvalue weighted by Crippen LogP contribution is -2.64. The van der Waals surface area contributed by atoms with Crippen LogP contribution in [0.2, 0.25) is 0 Å². The zero-order valence-corrected chi connectivity index (χ0v) is 18.0. The Balaban J connectivity index is 1.71. The number of rotatable bonds is 7. The first-order valence-corrected chi connectivity index (χ1v) is 10.4. The molecule has 2 fully saturated rings. The zero-order valence-electron chi connectivity index (χ0n) is 18.0. The van der Waals surface area contributed by atoms with Gasteiger partial charge in [0, 0.05) is 6.08 Å². The molecular weight excluding hydrogens is 460 g/mol. The highest BCUT2D eigenvalue weighted by Gasteiger charge is 2.50. The number of carboxylic acid groups (broad SMARTS) is 1. The molecule has 3 rings (SSSR count). The molecule has 2 saturated heterocycles. The van der Waals surface area contributed by atoms with Crippen LogP contribution in [-0.2, 0) is 19.0 Å². The third-order valence-electron chi connectivity index (χ3n) is 5.56. The summed E-state index contributed by atoms with van der Waals surface area (Å²) in [5.74, 6) is -1.74. The van der Waals surface area contributed by atoms with Crippen LogP contribution in [-0.4, -0.2) is 115 Å². The number of phenols is 1. The van der Waals surface area contributed by atoms with Crippen molar-refractivity contribution in [2.75, 3.05) is 6.61 Å². The maximum Gasteiger partial charge on any atom is 0.328 e. The van der Waals surface area contributed by atoms with E-state index in [0.29, 0.717) is 5.56 Å². The van der Waals surface area contributed by atoms with E-state index in [1.165, 1.54) is 31.2 Å². The Morgan fingerprint density at radius 2 is 1.68 bits per heavy atom. The van der Waals surface area contributed by atoms with Crippen LogP contribution in [0.5, 0.6) is 11.5 Å². The average Bonchev–Trinajstić information content (AvgIpc) is 2.80. The second-order valence-electron chi connectivity index (χ2n) is 8.01. The van der Waals surface area contributed by atoms with Crippen LogP contribution in [0, 0.1) is 0 Å². The molecule has 0 spiro atoms. The number of carbonyl (C=O) groups is 1. The van der Waals surface area contributed by atoms with Gasteiger partial charge < -0.3 is 59.8 Å². The number of aliphatic hydroxyl groups excluding tert-OH is 6. The number of aliphatic hydroxyl groups is 6. The van der Waals surface area contributed by atoms with E-state index in [2.05, 4.69) is 0 Å². The van der Waals surface area contributed by atoms with Crippen LogP contribution in [0.25, 0.3) is 6.08 Å². The summed E-state index contributed by atoms with van der Waals surface area (Å²) in [5, 5.41) is 79.5. The van der Waals surface area contributed by atoms with Crippen molar-refractivity contribution in [3.8, 4) is 11.5 Å². The topological polar surface area (TPSA) is 216 Å². The van der Waals surface area contributed by atoms with Gasteiger partial charge in [-0.05, 0) is 30.7 Å². The number of ether oxygens (including phenoxy) is 4. The van der Waals surface area contributed by atoms with Crippen LogP contribution in [0.3, 0.4) is 0 Å². The maximum absolute atomic E-state index is 10.6. The van der Waals surface area contributed by atoms with E-state index >= 15 is 0 Å². The third kappa shape index (κ3) is 5.66. The van der Waals surface area contributed by atoms with Gasteiger partial charge in [0.1, 0.15) is 42.7 Å². The molecule has 1 aromatic carbocycles. The Labute approximate surface area is 193 Å². The summed E-state index contributed by atoms with van der Waals surface area (Å²) < 4.78 is 21.8. The molecule has 8 N–H and O–H groups in total. The molecule has 190 valence electrons. The predicted octanol–water partition coefficient (Wildman–Crippen LogP) is -2.48. The zero-order chi connectivity index (χ0) is 25.2. The van der Waals surface area contributed by atoms with E-state index < -0.39 is 79.7 Å². The maximum atomic E-state index is 10.6. The molecule has 0 aromatic heterocycles. The molecule has 0 saturated carbocycles. The van der Waals surface area contributed by atoms with Crippen molar-refractivity contribution in [2.45, 2.75) is 68.3 Å². The Morgan fingerprint density at radius 3 is 2.29 bits per heavy atom. The van der Waals surface area contributed by atoms with Gasteiger partial charge in [-0.25, -0.2) is 4.79 Å². The molecule has 10 unspecified atom stereocenters. The lowest BCUT2D eigenvalue weighted by molar-refractivity contribution is -0.349. The third-order valence-corrected chi connectivity index (χ3v) is 5.56. The minimum atomic E-state index is -1.74. The minimum absolute atomic E-state index is 0.156. The van der Waals surface area contributed by atoms with Gasteiger partial charge in [-0.15, -0.1) is 0 Å². The lowest BCUT2D eigenvalue weighted by Gasteiger charge is -2.45. The standard InChI is InChI=1S/C21H28O13/c1-8-14(26)15(27)17(29)20(31-8)34-19-12(7-22)33-21(18(30)16(19)28)32-11-4-2-9(6-10(11)23)3-5-13(24)25/h2-6,8,12,14-23,26-30H,7H2,1H3,(H,24,25). The number of carboxylic acids is 1. The first kappa shape index (κ1) is 26.3. The Morgan fingerprint density at radius 1 is 1.00 bits per heavy atom. The molecule has 13 heteroatoms. The van der Waals surface area contributed by atoms with E-state index in [4.69, 9.17) is 24.1 Å². The number of hydrogen-bond donors (Lipinski definition) is 8. The molecule has 2 aliphatic rings. The van der Waals surface area contributed by atoms with Gasteiger partial charge >= 0.3 is 5.97 Å². The normalized spacial score (nSPS) is 38.7. The molecule has 0 radical (unpaired) electrons. The van der Waals surface area contributed by atoms with Crippen LogP contribution < -0.4 is 4.74 Å². The smallest absolute Gasteiger partial charge is 0.328 e. The second kappa shape index (κ2) is 10.9. The van der Waals surface area contributed by atoms with Crippen LogP contribution in [0.4, 0.5) is 0 Å². The molecule has 1 aromatic rings. The van der Waals surface area contributed by atoms with Crippen molar-refractivity contribution in [1.82, 2.24) is 0 Å². The number of benzene rings is 1. The largest absolute Gasteiger partial charge is 0.504 e. The highest BCUT2D eigenvalue weighted by molar-refractivity contribution is 5.85. The first-order chi connectivity index (χ1) is 16.0.